The maximum atomic E-state index is 14.2. The van der Waals surface area contributed by atoms with Crippen molar-refractivity contribution in [1.82, 2.24) is 4.90 Å². The lowest BCUT2D eigenvalue weighted by Gasteiger charge is -2.45. The largest absolute Gasteiger partial charge is 0.362 e. The van der Waals surface area contributed by atoms with Crippen LogP contribution in [0.25, 0.3) is 0 Å². The van der Waals surface area contributed by atoms with Gasteiger partial charge in [-0.25, -0.2) is 8.78 Å². The normalized spacial score (nSPS) is 26.9. The van der Waals surface area contributed by atoms with E-state index in [-0.39, 0.29) is 0 Å². The van der Waals surface area contributed by atoms with E-state index < -0.39 is 11.6 Å². The van der Waals surface area contributed by atoms with Gasteiger partial charge in [0.05, 0.1) is 5.69 Å². The second-order valence-electron chi connectivity index (χ2n) is 5.72. The maximum absolute atomic E-state index is 14.2. The number of rotatable bonds is 2. The fraction of sp³-hybridized carbons (Fsp3) is 0.600. The van der Waals surface area contributed by atoms with Gasteiger partial charge in [0.1, 0.15) is 5.82 Å². The number of benzene rings is 1. The van der Waals surface area contributed by atoms with Crippen molar-refractivity contribution < 1.29 is 8.78 Å². The lowest BCUT2D eigenvalue weighted by molar-refractivity contribution is 0.194. The molecule has 20 heavy (non-hydrogen) atoms. The van der Waals surface area contributed by atoms with Crippen LogP contribution in [0.15, 0.2) is 16.6 Å². The molecule has 0 radical (unpaired) electrons. The molecule has 0 aromatic heterocycles. The minimum Gasteiger partial charge on any atom is -0.362 e. The summed E-state index contributed by atoms with van der Waals surface area (Å²) in [6.07, 6.45) is 3.36. The summed E-state index contributed by atoms with van der Waals surface area (Å²) in [5, 5.41) is 0. The van der Waals surface area contributed by atoms with Crippen molar-refractivity contribution in [3.8, 4) is 0 Å². The first-order chi connectivity index (χ1) is 9.60. The Labute approximate surface area is 126 Å². The second kappa shape index (κ2) is 5.60. The number of nitrogens with zero attached hydrogens (tertiary/aromatic N) is 2. The molecule has 0 N–H and O–H groups in total. The number of hydrogen-bond acceptors (Lipinski definition) is 2. The topological polar surface area (TPSA) is 6.48 Å². The summed E-state index contributed by atoms with van der Waals surface area (Å²) < 4.78 is 28.0. The maximum Gasteiger partial charge on any atom is 0.150 e. The van der Waals surface area contributed by atoms with Gasteiger partial charge in [-0.15, -0.1) is 0 Å². The molecule has 2 nitrogen and oxygen atoms in total. The van der Waals surface area contributed by atoms with Crippen LogP contribution < -0.4 is 4.90 Å². The zero-order valence-electron chi connectivity index (χ0n) is 11.6. The predicted octanol–water partition coefficient (Wildman–Crippen LogP) is 3.79. The molecule has 0 aliphatic carbocycles. The molecule has 2 heterocycles. The highest BCUT2D eigenvalue weighted by atomic mass is 79.9. The Morgan fingerprint density at radius 3 is 2.80 bits per heavy atom. The summed E-state index contributed by atoms with van der Waals surface area (Å²) in [7, 11) is 0. The Morgan fingerprint density at radius 2 is 2.10 bits per heavy atom. The highest BCUT2D eigenvalue weighted by molar-refractivity contribution is 9.10. The smallest absolute Gasteiger partial charge is 0.150 e. The number of piperazine rings is 1. The quantitative estimate of drug-likeness (QED) is 0.805. The molecule has 2 unspecified atom stereocenters. The van der Waals surface area contributed by atoms with E-state index in [2.05, 4.69) is 32.7 Å². The monoisotopic (exact) mass is 344 g/mol. The molecule has 2 fully saturated rings. The van der Waals surface area contributed by atoms with Gasteiger partial charge in [0.2, 0.25) is 0 Å². The lowest BCUT2D eigenvalue weighted by Crippen LogP contribution is -2.56. The molecule has 1 aromatic carbocycles. The van der Waals surface area contributed by atoms with E-state index in [1.807, 2.05) is 0 Å². The first kappa shape index (κ1) is 14.3. The van der Waals surface area contributed by atoms with E-state index >= 15 is 0 Å². The van der Waals surface area contributed by atoms with Crippen molar-refractivity contribution in [3.05, 3.63) is 28.2 Å². The first-order valence-electron chi connectivity index (χ1n) is 7.25. The zero-order chi connectivity index (χ0) is 14.3. The van der Waals surface area contributed by atoms with Gasteiger partial charge < -0.3 is 4.90 Å². The molecular weight excluding hydrogens is 326 g/mol. The summed E-state index contributed by atoms with van der Waals surface area (Å²) in [5.41, 5.74) is 0.518. The Morgan fingerprint density at radius 1 is 1.30 bits per heavy atom. The van der Waals surface area contributed by atoms with Crippen molar-refractivity contribution in [2.24, 2.45) is 0 Å². The van der Waals surface area contributed by atoms with Crippen molar-refractivity contribution >= 4 is 21.6 Å². The summed E-state index contributed by atoms with van der Waals surface area (Å²) in [6.45, 7) is 5.09. The molecule has 2 atom stereocenters. The third-order valence-corrected chi connectivity index (χ3v) is 5.14. The van der Waals surface area contributed by atoms with Crippen molar-refractivity contribution in [3.63, 3.8) is 0 Å². The van der Waals surface area contributed by atoms with Crippen molar-refractivity contribution in [1.29, 1.82) is 0 Å². The summed E-state index contributed by atoms with van der Waals surface area (Å²) in [5.74, 6) is -1.01. The van der Waals surface area contributed by atoms with Crippen LogP contribution in [0, 0.1) is 11.6 Å². The molecule has 1 aromatic rings. The van der Waals surface area contributed by atoms with E-state index in [1.54, 1.807) is 0 Å². The molecule has 3 rings (SSSR count). The van der Waals surface area contributed by atoms with Gasteiger partial charge in [-0.1, -0.05) is 6.92 Å². The molecule has 0 saturated carbocycles. The number of anilines is 1. The molecule has 0 bridgehead atoms. The van der Waals surface area contributed by atoms with E-state index in [4.69, 9.17) is 0 Å². The van der Waals surface area contributed by atoms with Gasteiger partial charge in [0.15, 0.2) is 5.82 Å². The van der Waals surface area contributed by atoms with Crippen LogP contribution in [0.5, 0.6) is 0 Å². The molecule has 0 amide bonds. The Kier molecular flexibility index (Phi) is 4.00. The molecule has 2 aliphatic rings. The van der Waals surface area contributed by atoms with E-state index in [0.29, 0.717) is 22.2 Å². The molecule has 5 heteroatoms. The SMILES string of the molecule is CCC1CN2CCCC2CN1c1c(F)cc(F)cc1Br. The molecule has 0 spiro atoms. The predicted molar refractivity (Wildman–Crippen MR) is 80.1 cm³/mol. The molecule has 110 valence electrons. The van der Waals surface area contributed by atoms with Crippen LogP contribution in [0.3, 0.4) is 0 Å². The molecule has 2 aliphatic heterocycles. The van der Waals surface area contributed by atoms with Crippen LogP contribution >= 0.6 is 15.9 Å². The highest BCUT2D eigenvalue weighted by Crippen LogP contribution is 2.36. The van der Waals surface area contributed by atoms with Crippen LogP contribution in [0.1, 0.15) is 26.2 Å². The van der Waals surface area contributed by atoms with Crippen LogP contribution in [0.2, 0.25) is 0 Å². The summed E-state index contributed by atoms with van der Waals surface area (Å²) in [6, 6.07) is 3.13. The number of fused-ring (bicyclic) bond motifs is 1. The third kappa shape index (κ3) is 2.46. The average molecular weight is 345 g/mol. The Balaban J connectivity index is 1.95. The standard InChI is InChI=1S/C15H19BrF2N2/c1-2-11-8-19-5-3-4-12(19)9-20(11)15-13(16)6-10(17)7-14(15)18/h6-7,11-12H,2-5,8-9H2,1H3. The Bertz CT molecular complexity index is 486. The Hall–Kier alpha value is -0.680. The van der Waals surface area contributed by atoms with Gasteiger partial charge in [0.25, 0.3) is 0 Å². The minimum absolute atomic E-state index is 0.292. The van der Waals surface area contributed by atoms with Crippen LogP contribution in [0.4, 0.5) is 14.5 Å². The van der Waals surface area contributed by atoms with Crippen molar-refractivity contribution in [2.75, 3.05) is 24.5 Å². The highest BCUT2D eigenvalue weighted by Gasteiger charge is 2.37. The van der Waals surface area contributed by atoms with Crippen LogP contribution in [-0.2, 0) is 0 Å². The fourth-order valence-electron chi connectivity index (χ4n) is 3.52. The summed E-state index contributed by atoms with van der Waals surface area (Å²) >= 11 is 3.33. The molecular formula is C15H19BrF2N2. The fourth-order valence-corrected chi connectivity index (χ4v) is 4.16. The average Bonchev–Trinajstić information content (AvgIpc) is 2.83. The lowest BCUT2D eigenvalue weighted by atomic mass is 10.0. The van der Waals surface area contributed by atoms with Gasteiger partial charge in [-0.05, 0) is 47.8 Å². The van der Waals surface area contributed by atoms with Gasteiger partial charge >= 0.3 is 0 Å². The number of halogens is 3. The minimum atomic E-state index is -0.536. The van der Waals surface area contributed by atoms with Crippen LogP contribution in [-0.4, -0.2) is 36.6 Å². The van der Waals surface area contributed by atoms with Crippen molar-refractivity contribution in [2.45, 2.75) is 38.3 Å². The van der Waals surface area contributed by atoms with Gasteiger partial charge in [-0.3, -0.25) is 4.90 Å². The van der Waals surface area contributed by atoms with E-state index in [1.165, 1.54) is 18.9 Å². The first-order valence-corrected chi connectivity index (χ1v) is 8.04. The zero-order valence-corrected chi connectivity index (χ0v) is 13.2. The van der Waals surface area contributed by atoms with E-state index in [9.17, 15) is 8.78 Å². The molecule has 2 saturated heterocycles. The van der Waals surface area contributed by atoms with Gasteiger partial charge in [0, 0.05) is 35.7 Å². The second-order valence-corrected chi connectivity index (χ2v) is 6.58. The summed E-state index contributed by atoms with van der Waals surface area (Å²) in [4.78, 5) is 4.64. The van der Waals surface area contributed by atoms with E-state index in [0.717, 1.165) is 32.1 Å². The number of hydrogen-bond donors (Lipinski definition) is 0. The van der Waals surface area contributed by atoms with Gasteiger partial charge in [-0.2, -0.15) is 0 Å². The third-order valence-electron chi connectivity index (χ3n) is 4.53.